The Balaban J connectivity index is 1.50. The molecule has 1 fully saturated rings. The van der Waals surface area contributed by atoms with Crippen LogP contribution in [-0.2, 0) is 10.2 Å². The molecular formula is C20H17FN2OS. The third-order valence-corrected chi connectivity index (χ3v) is 5.41. The van der Waals surface area contributed by atoms with Gasteiger partial charge in [0.05, 0.1) is 16.1 Å². The number of amides is 1. The number of thiazole rings is 1. The van der Waals surface area contributed by atoms with Crippen molar-refractivity contribution in [1.29, 1.82) is 0 Å². The molecule has 1 aliphatic rings. The van der Waals surface area contributed by atoms with Crippen LogP contribution in [0.3, 0.4) is 0 Å². The van der Waals surface area contributed by atoms with Gasteiger partial charge in [0.2, 0.25) is 5.91 Å². The molecule has 0 saturated heterocycles. The summed E-state index contributed by atoms with van der Waals surface area (Å²) in [6, 6.07) is 13.9. The molecule has 0 radical (unpaired) electrons. The fraction of sp³-hybridized carbons (Fsp3) is 0.200. The quantitative estimate of drug-likeness (QED) is 0.723. The van der Waals surface area contributed by atoms with Crippen molar-refractivity contribution in [3.63, 3.8) is 0 Å². The first kappa shape index (κ1) is 16.0. The highest BCUT2D eigenvalue weighted by Gasteiger charge is 2.51. The molecular weight excluding hydrogens is 335 g/mol. The molecule has 1 aliphatic carbocycles. The van der Waals surface area contributed by atoms with Crippen LogP contribution in [0.5, 0.6) is 0 Å². The molecule has 5 heteroatoms. The summed E-state index contributed by atoms with van der Waals surface area (Å²) in [5.74, 6) is -0.316. The van der Waals surface area contributed by atoms with Crippen molar-refractivity contribution >= 4 is 22.9 Å². The van der Waals surface area contributed by atoms with E-state index in [4.69, 9.17) is 0 Å². The predicted octanol–water partition coefficient (Wildman–Crippen LogP) is 4.93. The van der Waals surface area contributed by atoms with E-state index in [2.05, 4.69) is 10.3 Å². The zero-order valence-electron chi connectivity index (χ0n) is 13.8. The normalized spacial score (nSPS) is 15.0. The highest BCUT2D eigenvalue weighted by molar-refractivity contribution is 7.09. The first-order valence-electron chi connectivity index (χ1n) is 8.17. The number of carbonyl (C=O) groups is 1. The van der Waals surface area contributed by atoms with Crippen LogP contribution in [0.1, 0.15) is 23.4 Å². The summed E-state index contributed by atoms with van der Waals surface area (Å²) in [5.41, 5.74) is 3.10. The van der Waals surface area contributed by atoms with Crippen LogP contribution in [0, 0.1) is 12.7 Å². The molecule has 0 bridgehead atoms. The Hall–Kier alpha value is -2.53. The number of carbonyl (C=O) groups excluding carboxylic acids is 1. The van der Waals surface area contributed by atoms with E-state index in [-0.39, 0.29) is 11.7 Å². The number of hydrogen-bond donors (Lipinski definition) is 1. The van der Waals surface area contributed by atoms with Crippen LogP contribution in [-0.4, -0.2) is 10.9 Å². The number of nitrogens with zero attached hydrogens (tertiary/aromatic N) is 1. The molecule has 126 valence electrons. The lowest BCUT2D eigenvalue weighted by Crippen LogP contribution is -2.27. The minimum Gasteiger partial charge on any atom is -0.325 e. The number of aromatic nitrogens is 1. The Labute approximate surface area is 149 Å². The number of benzene rings is 2. The molecule has 1 N–H and O–H groups in total. The van der Waals surface area contributed by atoms with Gasteiger partial charge in [0, 0.05) is 16.6 Å². The maximum Gasteiger partial charge on any atom is 0.235 e. The monoisotopic (exact) mass is 352 g/mol. The predicted molar refractivity (Wildman–Crippen MR) is 98.2 cm³/mol. The molecule has 3 aromatic rings. The SMILES string of the molecule is Cc1nc(-c2ccc(NC(=O)C3(c4ccc(F)cc4)CC3)cc2)cs1. The number of aryl methyl sites for hydroxylation is 1. The minimum absolute atomic E-state index is 0.0311. The van der Waals surface area contributed by atoms with Gasteiger partial charge in [-0.15, -0.1) is 11.3 Å². The second-order valence-corrected chi connectivity index (χ2v) is 7.43. The molecule has 3 nitrogen and oxygen atoms in total. The van der Waals surface area contributed by atoms with Crippen LogP contribution < -0.4 is 5.32 Å². The summed E-state index contributed by atoms with van der Waals surface area (Å²) in [6.45, 7) is 1.98. The van der Waals surface area contributed by atoms with Crippen molar-refractivity contribution in [2.75, 3.05) is 5.32 Å². The third kappa shape index (κ3) is 3.07. The smallest absolute Gasteiger partial charge is 0.235 e. The molecule has 0 unspecified atom stereocenters. The van der Waals surface area contributed by atoms with Gasteiger partial charge in [0.25, 0.3) is 0 Å². The van der Waals surface area contributed by atoms with Crippen LogP contribution in [0.2, 0.25) is 0 Å². The molecule has 25 heavy (non-hydrogen) atoms. The van der Waals surface area contributed by atoms with Gasteiger partial charge in [-0.2, -0.15) is 0 Å². The van der Waals surface area contributed by atoms with E-state index in [0.717, 1.165) is 40.4 Å². The molecule has 4 rings (SSSR count). The van der Waals surface area contributed by atoms with Gasteiger partial charge in [-0.05, 0) is 49.6 Å². The Kier molecular flexibility index (Phi) is 3.88. The van der Waals surface area contributed by atoms with Crippen molar-refractivity contribution < 1.29 is 9.18 Å². The first-order chi connectivity index (χ1) is 12.1. The fourth-order valence-electron chi connectivity index (χ4n) is 3.01. The highest BCUT2D eigenvalue weighted by atomic mass is 32.1. The first-order valence-corrected chi connectivity index (χ1v) is 9.05. The molecule has 1 saturated carbocycles. The largest absolute Gasteiger partial charge is 0.325 e. The summed E-state index contributed by atoms with van der Waals surface area (Å²) < 4.78 is 13.1. The lowest BCUT2D eigenvalue weighted by atomic mass is 9.95. The number of halogens is 1. The van der Waals surface area contributed by atoms with Crippen LogP contribution >= 0.6 is 11.3 Å². The van der Waals surface area contributed by atoms with Crippen LogP contribution in [0.25, 0.3) is 11.3 Å². The van der Waals surface area contributed by atoms with E-state index in [1.165, 1.54) is 12.1 Å². The van der Waals surface area contributed by atoms with Gasteiger partial charge >= 0.3 is 0 Å². The number of rotatable bonds is 4. The number of hydrogen-bond acceptors (Lipinski definition) is 3. The summed E-state index contributed by atoms with van der Waals surface area (Å²) in [7, 11) is 0. The summed E-state index contributed by atoms with van der Waals surface area (Å²) in [5, 5.41) is 6.05. The maximum atomic E-state index is 13.1. The molecule has 0 atom stereocenters. The van der Waals surface area contributed by atoms with E-state index < -0.39 is 5.41 Å². The molecule has 1 amide bonds. The highest BCUT2D eigenvalue weighted by Crippen LogP contribution is 2.49. The summed E-state index contributed by atoms with van der Waals surface area (Å²) >= 11 is 1.62. The van der Waals surface area contributed by atoms with Crippen LogP contribution in [0.4, 0.5) is 10.1 Å². The van der Waals surface area contributed by atoms with Gasteiger partial charge in [-0.25, -0.2) is 9.37 Å². The average molecular weight is 352 g/mol. The van der Waals surface area contributed by atoms with Crippen molar-refractivity contribution in [3.05, 3.63) is 70.3 Å². The van der Waals surface area contributed by atoms with Crippen molar-refractivity contribution in [2.45, 2.75) is 25.2 Å². The standard InChI is InChI=1S/C20H17FN2OS/c1-13-22-18(12-25-13)14-2-8-17(9-3-14)23-19(24)20(10-11-20)15-4-6-16(21)7-5-15/h2-9,12H,10-11H2,1H3,(H,23,24). The lowest BCUT2D eigenvalue weighted by molar-refractivity contribution is -0.118. The Morgan fingerprint density at radius 3 is 2.36 bits per heavy atom. The fourth-order valence-corrected chi connectivity index (χ4v) is 3.63. The summed E-state index contributed by atoms with van der Waals surface area (Å²) in [6.07, 6.45) is 1.58. The molecule has 1 aromatic heterocycles. The van der Waals surface area contributed by atoms with E-state index in [1.54, 1.807) is 23.5 Å². The van der Waals surface area contributed by atoms with Gasteiger partial charge in [0.1, 0.15) is 5.82 Å². The van der Waals surface area contributed by atoms with Crippen LogP contribution in [0.15, 0.2) is 53.9 Å². The van der Waals surface area contributed by atoms with E-state index in [0.29, 0.717) is 0 Å². The Morgan fingerprint density at radius 2 is 1.80 bits per heavy atom. The summed E-state index contributed by atoms with van der Waals surface area (Å²) in [4.78, 5) is 17.2. The van der Waals surface area contributed by atoms with Gasteiger partial charge in [-0.1, -0.05) is 24.3 Å². The third-order valence-electron chi connectivity index (χ3n) is 4.64. The number of nitrogens with one attached hydrogen (secondary N) is 1. The van der Waals surface area contributed by atoms with Gasteiger partial charge in [0.15, 0.2) is 0 Å². The lowest BCUT2D eigenvalue weighted by Gasteiger charge is -2.16. The molecule has 0 spiro atoms. The van der Waals surface area contributed by atoms with E-state index in [9.17, 15) is 9.18 Å². The Bertz CT molecular complexity index is 912. The van der Waals surface area contributed by atoms with Crippen molar-refractivity contribution in [3.8, 4) is 11.3 Å². The van der Waals surface area contributed by atoms with Gasteiger partial charge in [-0.3, -0.25) is 4.79 Å². The zero-order valence-corrected chi connectivity index (χ0v) is 14.6. The van der Waals surface area contributed by atoms with E-state index in [1.807, 2.05) is 36.6 Å². The van der Waals surface area contributed by atoms with Crippen molar-refractivity contribution in [2.24, 2.45) is 0 Å². The molecule has 1 heterocycles. The maximum absolute atomic E-state index is 13.1. The average Bonchev–Trinajstić information content (AvgIpc) is 3.32. The van der Waals surface area contributed by atoms with Crippen molar-refractivity contribution in [1.82, 2.24) is 4.98 Å². The topological polar surface area (TPSA) is 42.0 Å². The minimum atomic E-state index is -0.515. The van der Waals surface area contributed by atoms with E-state index >= 15 is 0 Å². The van der Waals surface area contributed by atoms with Gasteiger partial charge < -0.3 is 5.32 Å². The number of anilines is 1. The zero-order chi connectivity index (χ0) is 17.4. The molecule has 0 aliphatic heterocycles. The second kappa shape index (κ2) is 6.08. The Morgan fingerprint density at radius 1 is 1.12 bits per heavy atom. The molecule has 2 aromatic carbocycles. The second-order valence-electron chi connectivity index (χ2n) is 6.37.